The van der Waals surface area contributed by atoms with Crippen molar-refractivity contribution in [3.63, 3.8) is 0 Å². The Morgan fingerprint density at radius 3 is 2.40 bits per heavy atom. The van der Waals surface area contributed by atoms with E-state index in [4.69, 9.17) is 5.73 Å². The highest BCUT2D eigenvalue weighted by Crippen LogP contribution is 2.53. The zero-order valence-corrected chi connectivity index (χ0v) is 17.0. The maximum Gasteiger partial charge on any atom is 0.255 e. The van der Waals surface area contributed by atoms with Crippen LogP contribution in [0.5, 0.6) is 5.75 Å². The van der Waals surface area contributed by atoms with Gasteiger partial charge in [0.1, 0.15) is 22.8 Å². The summed E-state index contributed by atoms with van der Waals surface area (Å²) < 4.78 is 0. The molecule has 0 heterocycles. The highest BCUT2D eigenvalue weighted by molar-refractivity contribution is 6.21. The molecule has 1 aromatic rings. The largest absolute Gasteiger partial charge is 0.511 e. The maximum absolute atomic E-state index is 13.4. The second kappa shape index (κ2) is 6.62. The molecular weight excluding hydrogens is 388 g/mol. The summed E-state index contributed by atoms with van der Waals surface area (Å²) >= 11 is 0. The van der Waals surface area contributed by atoms with Gasteiger partial charge in [-0.3, -0.25) is 14.4 Å². The molecule has 5 N–H and O–H groups in total. The number of nitrogens with two attached hydrogens (primary N) is 1. The third-order valence-corrected chi connectivity index (χ3v) is 6.82. The Morgan fingerprint density at radius 1 is 1.13 bits per heavy atom. The van der Waals surface area contributed by atoms with Crippen LogP contribution < -0.4 is 10.6 Å². The molecule has 8 heteroatoms. The van der Waals surface area contributed by atoms with E-state index in [1.165, 1.54) is 6.07 Å². The number of fused-ring (bicyclic) bond motifs is 3. The number of aliphatic hydroxyl groups excluding tert-OH is 2. The van der Waals surface area contributed by atoms with Crippen LogP contribution in [0.25, 0.3) is 5.76 Å². The van der Waals surface area contributed by atoms with Gasteiger partial charge in [-0.15, -0.1) is 0 Å². The van der Waals surface area contributed by atoms with Crippen molar-refractivity contribution in [3.8, 4) is 5.75 Å². The Labute approximate surface area is 173 Å². The van der Waals surface area contributed by atoms with Gasteiger partial charge in [0.05, 0.1) is 11.5 Å². The van der Waals surface area contributed by atoms with Gasteiger partial charge in [-0.25, -0.2) is 0 Å². The van der Waals surface area contributed by atoms with Crippen molar-refractivity contribution in [2.45, 2.75) is 19.8 Å². The molecule has 30 heavy (non-hydrogen) atoms. The molecule has 3 aliphatic rings. The Balaban J connectivity index is 1.94. The average molecular weight is 412 g/mol. The maximum atomic E-state index is 13.4. The molecule has 0 aliphatic heterocycles. The lowest BCUT2D eigenvalue weighted by molar-refractivity contribution is -0.129. The summed E-state index contributed by atoms with van der Waals surface area (Å²) in [6.45, 7) is 1.88. The van der Waals surface area contributed by atoms with Crippen LogP contribution in [0.4, 0.5) is 5.69 Å². The lowest BCUT2D eigenvalue weighted by Crippen LogP contribution is -2.48. The Bertz CT molecular complexity index is 1070. The summed E-state index contributed by atoms with van der Waals surface area (Å²) in [4.78, 5) is 39.4. The average Bonchev–Trinajstić information content (AvgIpc) is 2.64. The number of aliphatic hydroxyl groups is 2. The molecule has 158 valence electrons. The molecule has 4 atom stereocenters. The minimum Gasteiger partial charge on any atom is -0.511 e. The zero-order chi connectivity index (χ0) is 22.1. The van der Waals surface area contributed by atoms with Gasteiger partial charge in [0.25, 0.3) is 5.91 Å². The van der Waals surface area contributed by atoms with Crippen LogP contribution >= 0.6 is 0 Å². The summed E-state index contributed by atoms with van der Waals surface area (Å²) in [6, 6.07) is 3.22. The molecule has 8 nitrogen and oxygen atoms in total. The van der Waals surface area contributed by atoms with E-state index in [2.05, 4.69) is 0 Å². The van der Waals surface area contributed by atoms with E-state index in [0.717, 1.165) is 11.3 Å². The van der Waals surface area contributed by atoms with E-state index in [-0.39, 0.29) is 40.9 Å². The molecule has 0 aromatic heterocycles. The van der Waals surface area contributed by atoms with E-state index in [1.54, 1.807) is 6.07 Å². The van der Waals surface area contributed by atoms with E-state index in [0.29, 0.717) is 6.42 Å². The summed E-state index contributed by atoms with van der Waals surface area (Å²) in [5.41, 5.74) is 6.57. The van der Waals surface area contributed by atoms with Gasteiger partial charge in [-0.2, -0.15) is 0 Å². The van der Waals surface area contributed by atoms with Crippen LogP contribution in [0.15, 0.2) is 29.0 Å². The molecule has 0 saturated heterocycles. The monoisotopic (exact) mass is 412 g/mol. The number of Topliss-reactive ketones (excluding diaryl/α,β-unsaturated/α-hetero) is 2. The number of phenols is 1. The molecule has 1 aromatic carbocycles. The number of benzene rings is 1. The van der Waals surface area contributed by atoms with Gasteiger partial charge in [-0.1, -0.05) is 6.92 Å². The topological polar surface area (TPSA) is 141 Å². The number of anilines is 1. The number of ketones is 2. The predicted octanol–water partition coefficient (Wildman–Crippen LogP) is 1.62. The number of hydrogen-bond acceptors (Lipinski definition) is 7. The fourth-order valence-corrected chi connectivity index (χ4v) is 5.37. The number of carbonyl (C=O) groups is 3. The molecule has 0 spiro atoms. The number of amides is 1. The standard InChI is InChI=1S/C22H24N2O6/c1-8-9-6-11-12(24(2)3)4-5-13(25)15(11)19(27)16(9)20(28)17-10(8)7-14(26)18(21(17)29)22(23)30/h4-5,8-10,17,25,27,29H,6-7H2,1-3H3,(H2,23,30). The third kappa shape index (κ3) is 2.56. The minimum absolute atomic E-state index is 0.0715. The number of phenolic OH excluding ortho intramolecular Hbond substituents is 1. The number of hydrogen-bond donors (Lipinski definition) is 4. The molecule has 0 bridgehead atoms. The molecule has 1 amide bonds. The van der Waals surface area contributed by atoms with Gasteiger partial charge in [0, 0.05) is 31.8 Å². The van der Waals surface area contributed by atoms with E-state index in [9.17, 15) is 29.7 Å². The Hall–Kier alpha value is -3.29. The van der Waals surface area contributed by atoms with E-state index in [1.807, 2.05) is 25.9 Å². The summed E-state index contributed by atoms with van der Waals surface area (Å²) in [5.74, 6) is -5.49. The van der Waals surface area contributed by atoms with Crippen molar-refractivity contribution in [2.24, 2.45) is 29.4 Å². The van der Waals surface area contributed by atoms with E-state index >= 15 is 0 Å². The Kier molecular flexibility index (Phi) is 4.41. The molecule has 4 rings (SSSR count). The van der Waals surface area contributed by atoms with E-state index < -0.39 is 40.6 Å². The van der Waals surface area contributed by atoms with Gasteiger partial charge in [-0.05, 0) is 41.9 Å². The molecule has 0 radical (unpaired) electrons. The lowest BCUT2D eigenvalue weighted by Gasteiger charge is -2.45. The SMILES string of the molecule is CC1C2Cc3c(N(C)C)ccc(O)c3C(O)=C2C(=O)C2C(O)=C(C(N)=O)C(=O)CC21. The van der Waals surface area contributed by atoms with Gasteiger partial charge < -0.3 is 26.0 Å². The first-order valence-electron chi connectivity index (χ1n) is 9.82. The number of nitrogens with zero attached hydrogens (tertiary/aromatic N) is 1. The Morgan fingerprint density at radius 2 is 1.80 bits per heavy atom. The number of primary amides is 1. The van der Waals surface area contributed by atoms with Crippen LogP contribution in [0, 0.1) is 23.7 Å². The fourth-order valence-electron chi connectivity index (χ4n) is 5.37. The molecule has 1 saturated carbocycles. The lowest BCUT2D eigenvalue weighted by atomic mass is 9.57. The minimum atomic E-state index is -1.12. The summed E-state index contributed by atoms with van der Waals surface area (Å²) in [5, 5.41) is 32.1. The second-order valence-electron chi connectivity index (χ2n) is 8.54. The van der Waals surface area contributed by atoms with Crippen molar-refractivity contribution < 1.29 is 29.7 Å². The summed E-state index contributed by atoms with van der Waals surface area (Å²) in [6.07, 6.45) is 0.325. The highest BCUT2D eigenvalue weighted by atomic mass is 16.3. The van der Waals surface area contributed by atoms with Crippen LogP contribution in [0.1, 0.15) is 24.5 Å². The predicted molar refractivity (Wildman–Crippen MR) is 109 cm³/mol. The van der Waals surface area contributed by atoms with Gasteiger partial charge in [0.2, 0.25) is 0 Å². The first kappa shape index (κ1) is 20.0. The molecule has 1 fully saturated rings. The normalized spacial score (nSPS) is 28.1. The van der Waals surface area contributed by atoms with Crippen molar-refractivity contribution in [2.75, 3.05) is 19.0 Å². The van der Waals surface area contributed by atoms with Crippen molar-refractivity contribution in [1.82, 2.24) is 0 Å². The zero-order valence-electron chi connectivity index (χ0n) is 17.0. The van der Waals surface area contributed by atoms with Crippen LogP contribution in [0.3, 0.4) is 0 Å². The molecule has 4 unspecified atom stereocenters. The van der Waals surface area contributed by atoms with Gasteiger partial charge >= 0.3 is 0 Å². The number of carbonyl (C=O) groups excluding carboxylic acids is 3. The highest BCUT2D eigenvalue weighted by Gasteiger charge is 2.54. The number of rotatable bonds is 2. The molecular formula is C22H24N2O6. The molecule has 3 aliphatic carbocycles. The first-order chi connectivity index (χ1) is 14.1. The van der Waals surface area contributed by atoms with Crippen LogP contribution in [0.2, 0.25) is 0 Å². The first-order valence-corrected chi connectivity index (χ1v) is 9.82. The quantitative estimate of drug-likeness (QED) is 0.541. The summed E-state index contributed by atoms with van der Waals surface area (Å²) in [7, 11) is 3.70. The van der Waals surface area contributed by atoms with Gasteiger partial charge in [0.15, 0.2) is 11.6 Å². The third-order valence-electron chi connectivity index (χ3n) is 6.82. The second-order valence-corrected chi connectivity index (χ2v) is 8.54. The number of allylic oxidation sites excluding steroid dienone is 2. The smallest absolute Gasteiger partial charge is 0.255 e. The number of aromatic hydroxyl groups is 1. The fraction of sp³-hybridized carbons (Fsp3) is 0.409. The van der Waals surface area contributed by atoms with Crippen molar-refractivity contribution in [1.29, 1.82) is 0 Å². The van der Waals surface area contributed by atoms with Crippen LogP contribution in [-0.4, -0.2) is 46.9 Å². The van der Waals surface area contributed by atoms with Crippen LogP contribution in [-0.2, 0) is 20.8 Å². The van der Waals surface area contributed by atoms with Crippen molar-refractivity contribution in [3.05, 3.63) is 40.2 Å². The van der Waals surface area contributed by atoms with Crippen molar-refractivity contribution >= 4 is 28.9 Å².